The summed E-state index contributed by atoms with van der Waals surface area (Å²) in [6, 6.07) is 7.96. The summed E-state index contributed by atoms with van der Waals surface area (Å²) in [7, 11) is 0. The second kappa shape index (κ2) is 6.82. The zero-order chi connectivity index (χ0) is 12.0. The summed E-state index contributed by atoms with van der Waals surface area (Å²) >= 11 is 5.23. The minimum Gasteiger partial charge on any atom is -0.384 e. The number of hydrogen-bond donors (Lipinski definition) is 1. The van der Waals surface area contributed by atoms with Crippen LogP contribution in [0.3, 0.4) is 0 Å². The van der Waals surface area contributed by atoms with E-state index in [4.69, 9.17) is 5.26 Å². The molecule has 0 aliphatic carbocycles. The predicted molar refractivity (Wildman–Crippen MR) is 74.9 cm³/mol. The summed E-state index contributed by atoms with van der Waals surface area (Å²) in [6.45, 7) is 3.10. The highest BCUT2D eigenvalue weighted by molar-refractivity contribution is 9.10. The molecule has 86 valence electrons. The van der Waals surface area contributed by atoms with Gasteiger partial charge in [0.05, 0.1) is 11.3 Å². The number of thioether (sulfide) groups is 1. The van der Waals surface area contributed by atoms with Crippen LogP contribution in [0.1, 0.15) is 18.9 Å². The molecule has 0 saturated heterocycles. The lowest BCUT2D eigenvalue weighted by Crippen LogP contribution is -2.08. The molecule has 0 saturated carbocycles. The molecule has 0 radical (unpaired) electrons. The van der Waals surface area contributed by atoms with Gasteiger partial charge in [0.15, 0.2) is 0 Å². The zero-order valence-electron chi connectivity index (χ0n) is 9.46. The quantitative estimate of drug-likeness (QED) is 0.896. The van der Waals surface area contributed by atoms with Crippen LogP contribution in [-0.2, 0) is 0 Å². The molecule has 1 N–H and O–H groups in total. The summed E-state index contributed by atoms with van der Waals surface area (Å²) in [5.41, 5.74) is 1.59. The van der Waals surface area contributed by atoms with E-state index in [1.54, 1.807) is 0 Å². The summed E-state index contributed by atoms with van der Waals surface area (Å²) in [5.74, 6) is 0. The van der Waals surface area contributed by atoms with Crippen LogP contribution in [0, 0.1) is 11.3 Å². The van der Waals surface area contributed by atoms with Crippen molar-refractivity contribution in [3.8, 4) is 6.07 Å². The number of rotatable bonds is 5. The first kappa shape index (κ1) is 13.4. The maximum absolute atomic E-state index is 9.03. The molecule has 0 fully saturated rings. The van der Waals surface area contributed by atoms with Gasteiger partial charge in [-0.1, -0.05) is 13.0 Å². The highest BCUT2D eigenvalue weighted by Crippen LogP contribution is 2.23. The van der Waals surface area contributed by atoms with Gasteiger partial charge in [-0.2, -0.15) is 17.0 Å². The Labute approximate surface area is 110 Å². The van der Waals surface area contributed by atoms with Crippen molar-refractivity contribution in [2.75, 3.05) is 18.1 Å². The van der Waals surface area contributed by atoms with Crippen molar-refractivity contribution in [1.82, 2.24) is 0 Å². The first-order valence-corrected chi connectivity index (χ1v) is 7.22. The number of nitrogens with one attached hydrogen (secondary N) is 1. The second-order valence-electron chi connectivity index (χ2n) is 3.54. The number of halogens is 1. The van der Waals surface area contributed by atoms with Gasteiger partial charge in [-0.05, 0) is 40.7 Å². The Hall–Kier alpha value is -0.660. The van der Waals surface area contributed by atoms with Crippen molar-refractivity contribution in [2.45, 2.75) is 18.6 Å². The van der Waals surface area contributed by atoms with E-state index >= 15 is 0 Å². The molecule has 1 unspecified atom stereocenters. The monoisotopic (exact) mass is 298 g/mol. The third-order valence-corrected chi connectivity index (χ3v) is 4.10. The lowest BCUT2D eigenvalue weighted by atomic mass is 10.2. The molecule has 1 aromatic carbocycles. The van der Waals surface area contributed by atoms with Crippen molar-refractivity contribution < 1.29 is 0 Å². The third-order valence-electron chi connectivity index (χ3n) is 2.39. The molecule has 4 heteroatoms. The maximum atomic E-state index is 9.03. The van der Waals surface area contributed by atoms with Gasteiger partial charge in [-0.3, -0.25) is 0 Å². The average molecular weight is 299 g/mol. The van der Waals surface area contributed by atoms with E-state index in [0.717, 1.165) is 23.1 Å². The fraction of sp³-hybridized carbons (Fsp3) is 0.417. The molecular weight excluding hydrogens is 284 g/mol. The highest BCUT2D eigenvalue weighted by atomic mass is 79.9. The Balaban J connectivity index is 2.61. The van der Waals surface area contributed by atoms with Crippen molar-refractivity contribution in [1.29, 1.82) is 5.26 Å². The van der Waals surface area contributed by atoms with Gasteiger partial charge in [0.25, 0.3) is 0 Å². The minimum atomic E-state index is 0.644. The van der Waals surface area contributed by atoms with Crippen molar-refractivity contribution in [3.63, 3.8) is 0 Å². The van der Waals surface area contributed by atoms with Crippen molar-refractivity contribution in [3.05, 3.63) is 28.2 Å². The highest BCUT2D eigenvalue weighted by Gasteiger charge is 2.05. The van der Waals surface area contributed by atoms with Crippen LogP contribution in [0.2, 0.25) is 0 Å². The number of anilines is 1. The zero-order valence-corrected chi connectivity index (χ0v) is 11.9. The predicted octanol–water partition coefficient (Wildman–Crippen LogP) is 3.87. The third kappa shape index (κ3) is 3.73. The molecular formula is C12H15BrN2S. The van der Waals surface area contributed by atoms with E-state index < -0.39 is 0 Å². The summed E-state index contributed by atoms with van der Waals surface area (Å²) < 4.78 is 0.845. The van der Waals surface area contributed by atoms with Crippen molar-refractivity contribution in [2.24, 2.45) is 0 Å². The molecule has 0 amide bonds. The topological polar surface area (TPSA) is 35.8 Å². The van der Waals surface area contributed by atoms with Crippen LogP contribution >= 0.6 is 27.7 Å². The van der Waals surface area contributed by atoms with Gasteiger partial charge in [0.2, 0.25) is 0 Å². The second-order valence-corrected chi connectivity index (χ2v) is 5.67. The van der Waals surface area contributed by atoms with E-state index in [2.05, 4.69) is 40.5 Å². The number of nitriles is 1. The van der Waals surface area contributed by atoms with Gasteiger partial charge in [-0.15, -0.1) is 0 Å². The van der Waals surface area contributed by atoms with Crippen LogP contribution in [-0.4, -0.2) is 18.1 Å². The van der Waals surface area contributed by atoms with E-state index in [0.29, 0.717) is 10.8 Å². The normalized spacial score (nSPS) is 11.9. The summed E-state index contributed by atoms with van der Waals surface area (Å²) in [4.78, 5) is 0. The standard InChI is InChI=1S/C12H15BrN2S/c1-9(16-2)6-7-15-12-5-3-4-11(13)10(12)8-14/h3-5,9,15H,6-7H2,1-2H3. The lowest BCUT2D eigenvalue weighted by molar-refractivity contribution is 0.853. The Morgan fingerprint density at radius 2 is 2.31 bits per heavy atom. The number of benzene rings is 1. The van der Waals surface area contributed by atoms with E-state index in [-0.39, 0.29) is 0 Å². The largest absolute Gasteiger partial charge is 0.384 e. The van der Waals surface area contributed by atoms with Crippen LogP contribution < -0.4 is 5.32 Å². The van der Waals surface area contributed by atoms with Gasteiger partial charge >= 0.3 is 0 Å². The number of hydrogen-bond acceptors (Lipinski definition) is 3. The fourth-order valence-electron chi connectivity index (χ4n) is 1.31. The summed E-state index contributed by atoms with van der Waals surface area (Å²) in [5, 5.41) is 13.0. The summed E-state index contributed by atoms with van der Waals surface area (Å²) in [6.07, 6.45) is 3.21. The van der Waals surface area contributed by atoms with Crippen molar-refractivity contribution >= 4 is 33.4 Å². The smallest absolute Gasteiger partial charge is 0.103 e. The Bertz CT molecular complexity index is 387. The van der Waals surface area contributed by atoms with E-state index in [1.807, 2.05) is 30.0 Å². The Kier molecular flexibility index (Phi) is 5.72. The molecule has 0 aliphatic rings. The molecule has 2 nitrogen and oxygen atoms in total. The molecule has 1 aromatic rings. The van der Waals surface area contributed by atoms with Gasteiger partial charge < -0.3 is 5.32 Å². The van der Waals surface area contributed by atoms with Crippen LogP contribution in [0.4, 0.5) is 5.69 Å². The molecule has 0 aliphatic heterocycles. The van der Waals surface area contributed by atoms with Gasteiger partial charge in [0.1, 0.15) is 6.07 Å². The molecule has 16 heavy (non-hydrogen) atoms. The van der Waals surface area contributed by atoms with Gasteiger partial charge in [0, 0.05) is 16.3 Å². The van der Waals surface area contributed by atoms with E-state index in [9.17, 15) is 0 Å². The first-order valence-electron chi connectivity index (χ1n) is 5.14. The fourth-order valence-corrected chi connectivity index (χ4v) is 2.12. The van der Waals surface area contributed by atoms with Crippen LogP contribution in [0.15, 0.2) is 22.7 Å². The minimum absolute atomic E-state index is 0.644. The average Bonchev–Trinajstić information content (AvgIpc) is 2.29. The Morgan fingerprint density at radius 1 is 1.56 bits per heavy atom. The maximum Gasteiger partial charge on any atom is 0.103 e. The molecule has 0 bridgehead atoms. The SMILES string of the molecule is CSC(C)CCNc1cccc(Br)c1C#N. The van der Waals surface area contributed by atoms with Crippen LogP contribution in [0.25, 0.3) is 0 Å². The van der Waals surface area contributed by atoms with E-state index in [1.165, 1.54) is 0 Å². The molecule has 1 rings (SSSR count). The molecule has 1 atom stereocenters. The lowest BCUT2D eigenvalue weighted by Gasteiger charge is -2.11. The number of nitrogens with zero attached hydrogens (tertiary/aromatic N) is 1. The first-order chi connectivity index (χ1) is 7.69. The molecule has 0 heterocycles. The van der Waals surface area contributed by atoms with Gasteiger partial charge in [-0.25, -0.2) is 0 Å². The van der Waals surface area contributed by atoms with Crippen LogP contribution in [0.5, 0.6) is 0 Å². The molecule has 0 aromatic heterocycles. The Morgan fingerprint density at radius 3 is 2.94 bits per heavy atom. The molecule has 0 spiro atoms.